The van der Waals surface area contributed by atoms with Gasteiger partial charge in [-0.2, -0.15) is 0 Å². The average Bonchev–Trinajstić information content (AvgIpc) is 2.91. The molecule has 0 radical (unpaired) electrons. The van der Waals surface area contributed by atoms with Crippen molar-refractivity contribution in [3.63, 3.8) is 0 Å². The van der Waals surface area contributed by atoms with Gasteiger partial charge in [0.2, 0.25) is 0 Å². The third-order valence-corrected chi connectivity index (χ3v) is 4.31. The molecular weight excluding hydrogens is 254 g/mol. The summed E-state index contributed by atoms with van der Waals surface area (Å²) in [4.78, 5) is 12.4. The third-order valence-electron chi connectivity index (χ3n) is 4.31. The quantitative estimate of drug-likeness (QED) is 0.862. The Balaban J connectivity index is 1.63. The molecule has 1 aliphatic carbocycles. The molecule has 20 heavy (non-hydrogen) atoms. The van der Waals surface area contributed by atoms with Crippen LogP contribution >= 0.6 is 0 Å². The van der Waals surface area contributed by atoms with E-state index >= 15 is 0 Å². The summed E-state index contributed by atoms with van der Waals surface area (Å²) in [6, 6.07) is 7.95. The monoisotopic (exact) mass is 275 g/mol. The second-order valence-electron chi connectivity index (χ2n) is 5.60. The molecule has 1 N–H and O–H groups in total. The van der Waals surface area contributed by atoms with Crippen molar-refractivity contribution in [2.45, 2.75) is 43.8 Å². The number of anilines is 1. The average molecular weight is 275 g/mol. The first-order valence-corrected chi connectivity index (χ1v) is 7.34. The smallest absolute Gasteiger partial charge is 0.315 e. The lowest BCUT2D eigenvalue weighted by atomic mass is 9.94. The summed E-state index contributed by atoms with van der Waals surface area (Å²) < 4.78 is 11.1. The van der Waals surface area contributed by atoms with Gasteiger partial charge in [-0.25, -0.2) is 0 Å². The molecule has 2 aliphatic rings. The van der Waals surface area contributed by atoms with Crippen molar-refractivity contribution in [1.29, 1.82) is 0 Å². The minimum Gasteiger partial charge on any atom is -0.462 e. The lowest BCUT2D eigenvalue weighted by Gasteiger charge is -2.28. The topological polar surface area (TPSA) is 47.6 Å². The fraction of sp³-hybridized carbons (Fsp3) is 0.562. The number of fused-ring (bicyclic) bond motifs is 1. The van der Waals surface area contributed by atoms with Gasteiger partial charge < -0.3 is 14.8 Å². The van der Waals surface area contributed by atoms with Gasteiger partial charge in [0.1, 0.15) is 12.0 Å². The summed E-state index contributed by atoms with van der Waals surface area (Å²) in [5.41, 5.74) is 2.10. The van der Waals surface area contributed by atoms with Crippen molar-refractivity contribution in [1.82, 2.24) is 0 Å². The molecule has 1 saturated carbocycles. The second-order valence-corrected chi connectivity index (χ2v) is 5.60. The van der Waals surface area contributed by atoms with E-state index in [1.54, 1.807) is 7.11 Å². The molecule has 0 aromatic heterocycles. The molecule has 3 unspecified atom stereocenters. The van der Waals surface area contributed by atoms with Crippen LogP contribution in [0.4, 0.5) is 5.69 Å². The highest BCUT2D eigenvalue weighted by Crippen LogP contribution is 2.33. The molecule has 3 atom stereocenters. The van der Waals surface area contributed by atoms with Crippen LogP contribution in [-0.4, -0.2) is 31.8 Å². The van der Waals surface area contributed by atoms with E-state index in [1.165, 1.54) is 0 Å². The Hall–Kier alpha value is -1.55. The zero-order chi connectivity index (χ0) is 13.9. The van der Waals surface area contributed by atoms with Crippen LogP contribution in [0, 0.1) is 0 Å². The number of carbonyl (C=O) groups excluding carboxylic acids is 1. The summed E-state index contributed by atoms with van der Waals surface area (Å²) in [7, 11) is 1.73. The predicted octanol–water partition coefficient (Wildman–Crippen LogP) is 2.70. The molecule has 1 fully saturated rings. The lowest BCUT2D eigenvalue weighted by molar-refractivity contribution is -0.154. The van der Waals surface area contributed by atoms with Crippen LogP contribution in [-0.2, 0) is 14.3 Å². The van der Waals surface area contributed by atoms with E-state index in [9.17, 15) is 4.79 Å². The maximum absolute atomic E-state index is 12.4. The molecular formula is C16H21NO3. The largest absolute Gasteiger partial charge is 0.462 e. The third kappa shape index (κ3) is 2.66. The van der Waals surface area contributed by atoms with Crippen LogP contribution in [0.2, 0.25) is 0 Å². The Kier molecular flexibility index (Phi) is 3.92. The Bertz CT molecular complexity index is 488. The highest BCUT2D eigenvalue weighted by atomic mass is 16.5. The van der Waals surface area contributed by atoms with Gasteiger partial charge in [-0.1, -0.05) is 18.2 Å². The number of nitrogens with one attached hydrogen (secondary N) is 1. The van der Waals surface area contributed by atoms with Gasteiger partial charge in [0.25, 0.3) is 0 Å². The molecule has 1 aliphatic heterocycles. The van der Waals surface area contributed by atoms with E-state index in [0.717, 1.165) is 36.9 Å². The van der Waals surface area contributed by atoms with Gasteiger partial charge in [0.05, 0.1) is 6.10 Å². The standard InChI is InChI=1S/C16H21NO3/c1-19-11-5-4-6-12(9-11)20-16(18)14-10-17-15-8-3-2-7-13(14)15/h2-3,7-8,11-12,14,17H,4-6,9-10H2,1H3. The number of hydrogen-bond donors (Lipinski definition) is 1. The minimum absolute atomic E-state index is 0.00830. The number of ether oxygens (including phenoxy) is 2. The fourth-order valence-electron chi connectivity index (χ4n) is 3.16. The van der Waals surface area contributed by atoms with Crippen LogP contribution in [0.5, 0.6) is 0 Å². The lowest BCUT2D eigenvalue weighted by Crippen LogP contribution is -2.31. The summed E-state index contributed by atoms with van der Waals surface area (Å²) in [6.07, 6.45) is 4.15. The van der Waals surface area contributed by atoms with Crippen molar-refractivity contribution in [2.24, 2.45) is 0 Å². The van der Waals surface area contributed by atoms with E-state index in [4.69, 9.17) is 9.47 Å². The van der Waals surface area contributed by atoms with Crippen molar-refractivity contribution in [3.05, 3.63) is 29.8 Å². The Labute approximate surface area is 119 Å². The summed E-state index contributed by atoms with van der Waals surface area (Å²) in [6.45, 7) is 0.638. The molecule has 0 saturated heterocycles. The van der Waals surface area contributed by atoms with E-state index < -0.39 is 0 Å². The van der Waals surface area contributed by atoms with Gasteiger partial charge >= 0.3 is 5.97 Å². The van der Waals surface area contributed by atoms with Crippen LogP contribution < -0.4 is 5.32 Å². The Morgan fingerprint density at radius 1 is 1.25 bits per heavy atom. The summed E-state index contributed by atoms with van der Waals surface area (Å²) in [5.74, 6) is -0.279. The first kappa shape index (κ1) is 13.4. The number of hydrogen-bond acceptors (Lipinski definition) is 4. The maximum Gasteiger partial charge on any atom is 0.315 e. The number of esters is 1. The van der Waals surface area contributed by atoms with Gasteiger partial charge in [-0.15, -0.1) is 0 Å². The molecule has 4 nitrogen and oxygen atoms in total. The number of carbonyl (C=O) groups is 1. The predicted molar refractivity (Wildman–Crippen MR) is 76.8 cm³/mol. The molecule has 1 aromatic carbocycles. The van der Waals surface area contributed by atoms with Gasteiger partial charge in [0, 0.05) is 25.8 Å². The van der Waals surface area contributed by atoms with Crippen LogP contribution in [0.1, 0.15) is 37.2 Å². The molecule has 1 aromatic rings. The molecule has 1 heterocycles. The van der Waals surface area contributed by atoms with Crippen LogP contribution in [0.3, 0.4) is 0 Å². The van der Waals surface area contributed by atoms with Crippen LogP contribution in [0.25, 0.3) is 0 Å². The van der Waals surface area contributed by atoms with Gasteiger partial charge in [-0.05, 0) is 30.9 Å². The molecule has 0 bridgehead atoms. The molecule has 0 spiro atoms. The second kappa shape index (κ2) is 5.83. The molecule has 3 rings (SSSR count). The van der Waals surface area contributed by atoms with Gasteiger partial charge in [-0.3, -0.25) is 4.79 Å². The zero-order valence-corrected chi connectivity index (χ0v) is 11.8. The van der Waals surface area contributed by atoms with E-state index in [1.807, 2.05) is 24.3 Å². The number of methoxy groups -OCH3 is 1. The number of rotatable bonds is 3. The van der Waals surface area contributed by atoms with Crippen molar-refractivity contribution in [2.75, 3.05) is 19.0 Å². The molecule has 0 amide bonds. The summed E-state index contributed by atoms with van der Waals surface area (Å²) in [5, 5.41) is 3.26. The SMILES string of the molecule is COC1CCCC(OC(=O)C2CNc3ccccc32)C1. The maximum atomic E-state index is 12.4. The number of para-hydroxylation sites is 1. The highest BCUT2D eigenvalue weighted by molar-refractivity contribution is 5.84. The van der Waals surface area contributed by atoms with Crippen molar-refractivity contribution >= 4 is 11.7 Å². The minimum atomic E-state index is -0.172. The van der Waals surface area contributed by atoms with Crippen molar-refractivity contribution in [3.8, 4) is 0 Å². The first-order valence-electron chi connectivity index (χ1n) is 7.34. The zero-order valence-electron chi connectivity index (χ0n) is 11.8. The van der Waals surface area contributed by atoms with Gasteiger partial charge in [0.15, 0.2) is 0 Å². The van der Waals surface area contributed by atoms with Crippen molar-refractivity contribution < 1.29 is 14.3 Å². The van der Waals surface area contributed by atoms with Crippen LogP contribution in [0.15, 0.2) is 24.3 Å². The fourth-order valence-corrected chi connectivity index (χ4v) is 3.16. The molecule has 108 valence electrons. The Morgan fingerprint density at radius 3 is 2.90 bits per heavy atom. The first-order chi connectivity index (χ1) is 9.78. The Morgan fingerprint density at radius 2 is 2.05 bits per heavy atom. The van der Waals surface area contributed by atoms with E-state index in [2.05, 4.69) is 5.32 Å². The summed E-state index contributed by atoms with van der Waals surface area (Å²) >= 11 is 0. The van der Waals surface area contributed by atoms with E-state index in [0.29, 0.717) is 6.54 Å². The van der Waals surface area contributed by atoms with E-state index in [-0.39, 0.29) is 24.1 Å². The highest BCUT2D eigenvalue weighted by Gasteiger charge is 2.32. The number of benzene rings is 1. The normalized spacial score (nSPS) is 28.6. The molecule has 4 heteroatoms.